The average Bonchev–Trinajstić information content (AvgIpc) is 2.81. The van der Waals surface area contributed by atoms with Gasteiger partial charge in [0.15, 0.2) is 0 Å². The van der Waals surface area contributed by atoms with Gasteiger partial charge in [-0.25, -0.2) is 4.39 Å². The summed E-state index contributed by atoms with van der Waals surface area (Å²) < 4.78 is 24.7. The summed E-state index contributed by atoms with van der Waals surface area (Å²) in [5.74, 6) is 0.543. The number of rotatable bonds is 7. The van der Waals surface area contributed by atoms with Crippen LogP contribution in [0.25, 0.3) is 11.0 Å². The lowest BCUT2D eigenvalue weighted by Gasteiger charge is -2.17. The molecule has 0 fully saturated rings. The molecule has 2 aromatic rings. The number of ether oxygens (including phenoxy) is 1. The Morgan fingerprint density at radius 2 is 2.10 bits per heavy atom. The van der Waals surface area contributed by atoms with Gasteiger partial charge in [0.25, 0.3) is 0 Å². The van der Waals surface area contributed by atoms with E-state index in [2.05, 4.69) is 12.2 Å². The zero-order chi connectivity index (χ0) is 14.5. The molecule has 0 bridgehead atoms. The molecule has 110 valence electrons. The molecule has 0 radical (unpaired) electrons. The summed E-state index contributed by atoms with van der Waals surface area (Å²) in [6.45, 7) is 7.55. The number of furan rings is 1. The molecule has 3 nitrogen and oxygen atoms in total. The van der Waals surface area contributed by atoms with E-state index in [0.29, 0.717) is 12.2 Å². The smallest absolute Gasteiger partial charge is 0.134 e. The van der Waals surface area contributed by atoms with Crippen molar-refractivity contribution in [3.63, 3.8) is 0 Å². The first kappa shape index (κ1) is 15.0. The number of benzene rings is 1. The monoisotopic (exact) mass is 279 g/mol. The highest BCUT2D eigenvalue weighted by molar-refractivity contribution is 5.78. The van der Waals surface area contributed by atoms with Crippen molar-refractivity contribution in [1.29, 1.82) is 0 Å². The standard InChI is InChI=1S/C16H22FNO2/c1-4-7-18-14(10-19-11(2)3)16-9-12-8-13(17)5-6-15(12)20-16/h5-6,8-9,11,14,18H,4,7,10H2,1-3H3. The van der Waals surface area contributed by atoms with E-state index in [4.69, 9.17) is 9.15 Å². The molecular weight excluding hydrogens is 257 g/mol. The lowest BCUT2D eigenvalue weighted by Crippen LogP contribution is -2.27. The summed E-state index contributed by atoms with van der Waals surface area (Å²) in [6, 6.07) is 6.44. The van der Waals surface area contributed by atoms with Crippen molar-refractivity contribution in [3.05, 3.63) is 35.8 Å². The van der Waals surface area contributed by atoms with Crippen LogP contribution in [0, 0.1) is 5.82 Å². The van der Waals surface area contributed by atoms with Gasteiger partial charge in [-0.3, -0.25) is 0 Å². The lowest BCUT2D eigenvalue weighted by molar-refractivity contribution is 0.0571. The molecule has 1 aromatic heterocycles. The summed E-state index contributed by atoms with van der Waals surface area (Å²) in [6.07, 6.45) is 1.20. The largest absolute Gasteiger partial charge is 0.459 e. The third kappa shape index (κ3) is 3.81. The minimum Gasteiger partial charge on any atom is -0.459 e. The minimum absolute atomic E-state index is 0.00666. The average molecular weight is 279 g/mol. The molecule has 0 amide bonds. The molecule has 0 aliphatic carbocycles. The summed E-state index contributed by atoms with van der Waals surface area (Å²) in [4.78, 5) is 0. The van der Waals surface area contributed by atoms with Crippen LogP contribution in [-0.2, 0) is 4.74 Å². The quantitative estimate of drug-likeness (QED) is 0.830. The van der Waals surface area contributed by atoms with Crippen molar-refractivity contribution in [1.82, 2.24) is 5.32 Å². The number of halogens is 1. The second-order valence-electron chi connectivity index (χ2n) is 5.22. The van der Waals surface area contributed by atoms with Gasteiger partial charge in [-0.05, 0) is 51.1 Å². The second-order valence-corrected chi connectivity index (χ2v) is 5.22. The third-order valence-corrected chi connectivity index (χ3v) is 3.08. The Labute approximate surface area is 119 Å². The molecule has 2 rings (SSSR count). The van der Waals surface area contributed by atoms with Gasteiger partial charge in [0.05, 0.1) is 18.8 Å². The van der Waals surface area contributed by atoms with E-state index in [1.165, 1.54) is 12.1 Å². The van der Waals surface area contributed by atoms with Crippen LogP contribution < -0.4 is 5.32 Å². The van der Waals surface area contributed by atoms with Gasteiger partial charge >= 0.3 is 0 Å². The maximum atomic E-state index is 13.2. The normalized spacial score (nSPS) is 13.2. The fourth-order valence-electron chi connectivity index (χ4n) is 2.06. The first-order valence-corrected chi connectivity index (χ1v) is 7.14. The number of fused-ring (bicyclic) bond motifs is 1. The molecule has 0 aliphatic heterocycles. The Kier molecular flexibility index (Phi) is 5.15. The van der Waals surface area contributed by atoms with Crippen LogP contribution in [0.2, 0.25) is 0 Å². The number of hydrogen-bond donors (Lipinski definition) is 1. The molecule has 0 saturated carbocycles. The Hall–Kier alpha value is -1.39. The van der Waals surface area contributed by atoms with Crippen LogP contribution in [0.5, 0.6) is 0 Å². The van der Waals surface area contributed by atoms with Gasteiger partial charge < -0.3 is 14.5 Å². The van der Waals surface area contributed by atoms with Crippen molar-refractivity contribution in [3.8, 4) is 0 Å². The lowest BCUT2D eigenvalue weighted by atomic mass is 10.2. The predicted octanol–water partition coefficient (Wildman–Crippen LogP) is 4.04. The Morgan fingerprint density at radius 1 is 1.30 bits per heavy atom. The van der Waals surface area contributed by atoms with Gasteiger partial charge in [0.2, 0.25) is 0 Å². The highest BCUT2D eigenvalue weighted by atomic mass is 19.1. The second kappa shape index (κ2) is 6.86. The van der Waals surface area contributed by atoms with Crippen LogP contribution in [0.15, 0.2) is 28.7 Å². The third-order valence-electron chi connectivity index (χ3n) is 3.08. The molecule has 1 N–H and O–H groups in total. The highest BCUT2D eigenvalue weighted by Crippen LogP contribution is 2.25. The molecule has 0 spiro atoms. The molecule has 4 heteroatoms. The number of nitrogens with one attached hydrogen (secondary N) is 1. The van der Waals surface area contributed by atoms with Gasteiger partial charge in [-0.15, -0.1) is 0 Å². The molecule has 1 aromatic carbocycles. The van der Waals surface area contributed by atoms with E-state index in [-0.39, 0.29) is 18.0 Å². The van der Waals surface area contributed by atoms with Crippen molar-refractivity contribution >= 4 is 11.0 Å². The van der Waals surface area contributed by atoms with Gasteiger partial charge in [-0.1, -0.05) is 6.92 Å². The van der Waals surface area contributed by atoms with Crippen LogP contribution in [0.1, 0.15) is 39.0 Å². The van der Waals surface area contributed by atoms with Crippen molar-refractivity contribution in [2.45, 2.75) is 39.3 Å². The molecule has 0 saturated heterocycles. The van der Waals surface area contributed by atoms with E-state index in [1.807, 2.05) is 19.9 Å². The van der Waals surface area contributed by atoms with E-state index in [0.717, 1.165) is 24.1 Å². The van der Waals surface area contributed by atoms with Crippen LogP contribution >= 0.6 is 0 Å². The summed E-state index contributed by atoms with van der Waals surface area (Å²) in [7, 11) is 0. The molecular formula is C16H22FNO2. The first-order chi connectivity index (χ1) is 9.60. The SMILES string of the molecule is CCCNC(COC(C)C)c1cc2cc(F)ccc2o1. The topological polar surface area (TPSA) is 34.4 Å². The van der Waals surface area contributed by atoms with E-state index in [9.17, 15) is 4.39 Å². The van der Waals surface area contributed by atoms with Gasteiger partial charge in [0, 0.05) is 5.39 Å². The fourth-order valence-corrected chi connectivity index (χ4v) is 2.06. The first-order valence-electron chi connectivity index (χ1n) is 7.14. The molecule has 1 heterocycles. The van der Waals surface area contributed by atoms with Crippen LogP contribution in [-0.4, -0.2) is 19.3 Å². The Bertz CT molecular complexity index is 550. The van der Waals surface area contributed by atoms with Crippen LogP contribution in [0.3, 0.4) is 0 Å². The molecule has 1 unspecified atom stereocenters. The Balaban J connectivity index is 2.20. The van der Waals surface area contributed by atoms with Crippen molar-refractivity contribution < 1.29 is 13.5 Å². The fraction of sp³-hybridized carbons (Fsp3) is 0.500. The van der Waals surface area contributed by atoms with Crippen molar-refractivity contribution in [2.75, 3.05) is 13.2 Å². The van der Waals surface area contributed by atoms with Gasteiger partial charge in [0.1, 0.15) is 17.2 Å². The molecule has 20 heavy (non-hydrogen) atoms. The maximum Gasteiger partial charge on any atom is 0.134 e. The summed E-state index contributed by atoms with van der Waals surface area (Å²) in [5, 5.41) is 4.19. The Morgan fingerprint density at radius 3 is 2.80 bits per heavy atom. The summed E-state index contributed by atoms with van der Waals surface area (Å²) in [5.41, 5.74) is 0.703. The van der Waals surface area contributed by atoms with Crippen LogP contribution in [0.4, 0.5) is 4.39 Å². The van der Waals surface area contributed by atoms with Gasteiger partial charge in [-0.2, -0.15) is 0 Å². The zero-order valence-corrected chi connectivity index (χ0v) is 12.3. The molecule has 1 atom stereocenters. The minimum atomic E-state index is -0.249. The van der Waals surface area contributed by atoms with E-state index in [1.54, 1.807) is 6.07 Å². The predicted molar refractivity (Wildman–Crippen MR) is 78.3 cm³/mol. The van der Waals surface area contributed by atoms with Crippen molar-refractivity contribution in [2.24, 2.45) is 0 Å². The highest BCUT2D eigenvalue weighted by Gasteiger charge is 2.17. The number of hydrogen-bond acceptors (Lipinski definition) is 3. The van der Waals surface area contributed by atoms with E-state index < -0.39 is 0 Å². The zero-order valence-electron chi connectivity index (χ0n) is 12.3. The molecule has 0 aliphatic rings. The maximum absolute atomic E-state index is 13.2. The summed E-state index contributed by atoms with van der Waals surface area (Å²) >= 11 is 0. The van der Waals surface area contributed by atoms with E-state index >= 15 is 0 Å².